The lowest BCUT2D eigenvalue weighted by molar-refractivity contribution is 0.152. The number of rotatable bonds is 9. The van der Waals surface area contributed by atoms with Gasteiger partial charge in [0, 0.05) is 12.7 Å². The molecule has 0 aliphatic rings. The molecule has 0 spiro atoms. The monoisotopic (exact) mass is 238 g/mol. The summed E-state index contributed by atoms with van der Waals surface area (Å²) in [4.78, 5) is 0. The average Bonchev–Trinajstić information content (AvgIpc) is 2.81. The summed E-state index contributed by atoms with van der Waals surface area (Å²) in [5.74, 6) is 0. The van der Waals surface area contributed by atoms with E-state index in [0.29, 0.717) is 0 Å². The fourth-order valence-electron chi connectivity index (χ4n) is 2.16. The van der Waals surface area contributed by atoms with Crippen molar-refractivity contribution in [3.63, 3.8) is 0 Å². The molecule has 0 bridgehead atoms. The second-order valence-electron chi connectivity index (χ2n) is 4.64. The van der Waals surface area contributed by atoms with E-state index < -0.39 is 0 Å². The average molecular weight is 238 g/mol. The van der Waals surface area contributed by atoms with E-state index in [2.05, 4.69) is 12.0 Å². The van der Waals surface area contributed by atoms with Crippen molar-refractivity contribution in [1.82, 2.24) is 9.78 Å². The predicted molar refractivity (Wildman–Crippen MR) is 70.9 cm³/mol. The van der Waals surface area contributed by atoms with Crippen LogP contribution in [0.25, 0.3) is 0 Å². The molecule has 0 amide bonds. The summed E-state index contributed by atoms with van der Waals surface area (Å²) in [6, 6.07) is 1.92. The summed E-state index contributed by atoms with van der Waals surface area (Å²) in [5.41, 5.74) is 0.959. The number of unbranched alkanes of at least 4 members (excludes halogenated alkanes) is 5. The van der Waals surface area contributed by atoms with Crippen molar-refractivity contribution in [3.8, 4) is 0 Å². The number of aliphatic hydroxyl groups is 1. The fourth-order valence-corrected chi connectivity index (χ4v) is 2.16. The van der Waals surface area contributed by atoms with E-state index in [1.165, 1.54) is 32.1 Å². The highest BCUT2D eigenvalue weighted by Crippen LogP contribution is 2.19. The number of hydrogen-bond acceptors (Lipinski definition) is 2. The highest BCUT2D eigenvalue weighted by Gasteiger charge is 2.11. The van der Waals surface area contributed by atoms with Gasteiger partial charge in [0.25, 0.3) is 0 Å². The van der Waals surface area contributed by atoms with Gasteiger partial charge in [0.1, 0.15) is 0 Å². The summed E-state index contributed by atoms with van der Waals surface area (Å²) >= 11 is 0. The van der Waals surface area contributed by atoms with E-state index in [-0.39, 0.29) is 6.10 Å². The third-order valence-electron chi connectivity index (χ3n) is 3.22. The van der Waals surface area contributed by atoms with Gasteiger partial charge < -0.3 is 5.11 Å². The van der Waals surface area contributed by atoms with Crippen molar-refractivity contribution in [2.75, 3.05) is 0 Å². The molecule has 17 heavy (non-hydrogen) atoms. The minimum absolute atomic E-state index is 0.344. The van der Waals surface area contributed by atoms with Crippen LogP contribution in [0, 0.1) is 0 Å². The number of aryl methyl sites for hydroxylation is 1. The molecular formula is C14H26N2O. The lowest BCUT2D eigenvalue weighted by Gasteiger charge is -2.12. The van der Waals surface area contributed by atoms with Gasteiger partial charge in [-0.25, -0.2) is 0 Å². The largest absolute Gasteiger partial charge is 0.387 e. The van der Waals surface area contributed by atoms with Gasteiger partial charge in [-0.05, 0) is 19.4 Å². The standard InChI is InChI=1S/C14H26N2O/c1-3-5-6-7-8-9-10-14(17)13-11-12-15-16(13)4-2/h11-12,14,17H,3-10H2,1-2H3. The lowest BCUT2D eigenvalue weighted by atomic mass is 10.1. The molecule has 0 aliphatic carbocycles. The summed E-state index contributed by atoms with van der Waals surface area (Å²) in [6.45, 7) is 5.11. The second-order valence-corrected chi connectivity index (χ2v) is 4.64. The minimum Gasteiger partial charge on any atom is -0.387 e. The maximum atomic E-state index is 10.1. The minimum atomic E-state index is -0.344. The Kier molecular flexibility index (Phi) is 6.94. The first kappa shape index (κ1) is 14.2. The molecule has 1 rings (SSSR count). The third-order valence-corrected chi connectivity index (χ3v) is 3.22. The third kappa shape index (κ3) is 4.90. The Balaban J connectivity index is 2.19. The first-order valence-corrected chi connectivity index (χ1v) is 6.99. The molecule has 0 fully saturated rings. The lowest BCUT2D eigenvalue weighted by Crippen LogP contribution is -2.07. The quantitative estimate of drug-likeness (QED) is 0.666. The number of hydrogen-bond donors (Lipinski definition) is 1. The normalized spacial score (nSPS) is 12.9. The summed E-state index contributed by atoms with van der Waals surface area (Å²) < 4.78 is 1.88. The van der Waals surface area contributed by atoms with Gasteiger partial charge >= 0.3 is 0 Å². The van der Waals surface area contributed by atoms with Crippen LogP contribution in [0.4, 0.5) is 0 Å². The highest BCUT2D eigenvalue weighted by atomic mass is 16.3. The molecular weight excluding hydrogens is 212 g/mol. The Morgan fingerprint density at radius 3 is 2.59 bits per heavy atom. The summed E-state index contributed by atoms with van der Waals surface area (Å²) in [5, 5.41) is 14.2. The molecule has 98 valence electrons. The Morgan fingerprint density at radius 2 is 1.88 bits per heavy atom. The second kappa shape index (κ2) is 8.29. The number of aliphatic hydroxyl groups excluding tert-OH is 1. The molecule has 0 saturated heterocycles. The van der Waals surface area contributed by atoms with Crippen LogP contribution >= 0.6 is 0 Å². The van der Waals surface area contributed by atoms with Crippen LogP contribution in [-0.4, -0.2) is 14.9 Å². The van der Waals surface area contributed by atoms with Crippen LogP contribution in [0.3, 0.4) is 0 Å². The van der Waals surface area contributed by atoms with Crippen LogP contribution in [0.15, 0.2) is 12.3 Å². The number of aromatic nitrogens is 2. The van der Waals surface area contributed by atoms with Crippen LogP contribution in [0.1, 0.15) is 70.6 Å². The highest BCUT2D eigenvalue weighted by molar-refractivity contribution is 5.04. The summed E-state index contributed by atoms with van der Waals surface area (Å²) in [7, 11) is 0. The van der Waals surface area contributed by atoms with Gasteiger partial charge in [-0.2, -0.15) is 5.10 Å². The zero-order valence-corrected chi connectivity index (χ0v) is 11.2. The van der Waals surface area contributed by atoms with Crippen molar-refractivity contribution in [2.24, 2.45) is 0 Å². The van der Waals surface area contributed by atoms with E-state index >= 15 is 0 Å². The molecule has 1 aromatic rings. The predicted octanol–water partition coefficient (Wildman–Crippen LogP) is 3.69. The van der Waals surface area contributed by atoms with E-state index in [9.17, 15) is 5.11 Å². The molecule has 1 N–H and O–H groups in total. The van der Waals surface area contributed by atoms with Crippen molar-refractivity contribution < 1.29 is 5.11 Å². The Hall–Kier alpha value is -0.830. The van der Waals surface area contributed by atoms with Gasteiger partial charge in [0.05, 0.1) is 11.8 Å². The van der Waals surface area contributed by atoms with Gasteiger partial charge in [0.2, 0.25) is 0 Å². The van der Waals surface area contributed by atoms with Crippen LogP contribution in [0.2, 0.25) is 0 Å². The molecule has 3 heteroatoms. The van der Waals surface area contributed by atoms with Gasteiger partial charge in [-0.3, -0.25) is 4.68 Å². The Morgan fingerprint density at radius 1 is 1.18 bits per heavy atom. The SMILES string of the molecule is CCCCCCCCC(O)c1ccnn1CC. The van der Waals surface area contributed by atoms with Crippen molar-refractivity contribution in [1.29, 1.82) is 0 Å². The molecule has 1 aromatic heterocycles. The van der Waals surface area contributed by atoms with Gasteiger partial charge in [0.15, 0.2) is 0 Å². The smallest absolute Gasteiger partial charge is 0.0956 e. The molecule has 1 atom stereocenters. The molecule has 3 nitrogen and oxygen atoms in total. The molecule has 0 radical (unpaired) electrons. The molecule has 0 saturated carbocycles. The van der Waals surface area contributed by atoms with Crippen molar-refractivity contribution in [2.45, 2.75) is 71.4 Å². The molecule has 0 aliphatic heterocycles. The van der Waals surface area contributed by atoms with Gasteiger partial charge in [-0.1, -0.05) is 45.4 Å². The Bertz CT molecular complexity index is 296. The van der Waals surface area contributed by atoms with Crippen LogP contribution in [0.5, 0.6) is 0 Å². The molecule has 1 unspecified atom stereocenters. The topological polar surface area (TPSA) is 38.1 Å². The fraction of sp³-hybridized carbons (Fsp3) is 0.786. The number of nitrogens with zero attached hydrogens (tertiary/aromatic N) is 2. The van der Waals surface area contributed by atoms with E-state index in [1.807, 2.05) is 17.7 Å². The molecule has 1 heterocycles. The Labute approximate surface area is 105 Å². The van der Waals surface area contributed by atoms with Gasteiger partial charge in [-0.15, -0.1) is 0 Å². The van der Waals surface area contributed by atoms with Crippen molar-refractivity contribution >= 4 is 0 Å². The first-order chi connectivity index (χ1) is 8.29. The van der Waals surface area contributed by atoms with Crippen LogP contribution < -0.4 is 0 Å². The van der Waals surface area contributed by atoms with E-state index in [0.717, 1.165) is 25.1 Å². The maximum absolute atomic E-state index is 10.1. The van der Waals surface area contributed by atoms with Crippen molar-refractivity contribution in [3.05, 3.63) is 18.0 Å². The molecule has 0 aromatic carbocycles. The van der Waals surface area contributed by atoms with E-state index in [4.69, 9.17) is 0 Å². The first-order valence-electron chi connectivity index (χ1n) is 6.99. The maximum Gasteiger partial charge on any atom is 0.0956 e. The summed E-state index contributed by atoms with van der Waals surface area (Å²) in [6.07, 6.45) is 9.89. The zero-order chi connectivity index (χ0) is 12.5. The van der Waals surface area contributed by atoms with Crippen LogP contribution in [-0.2, 0) is 6.54 Å². The zero-order valence-electron chi connectivity index (χ0n) is 11.2. The van der Waals surface area contributed by atoms with E-state index in [1.54, 1.807) is 6.20 Å².